The minimum atomic E-state index is -0.145. The molecule has 0 saturated carbocycles. The summed E-state index contributed by atoms with van der Waals surface area (Å²) in [6, 6.07) is 15.6. The molecule has 1 aliphatic rings. The maximum absolute atomic E-state index is 12.8. The molecule has 0 spiro atoms. The van der Waals surface area contributed by atoms with Crippen molar-refractivity contribution in [3.8, 4) is 5.75 Å². The Morgan fingerprint density at radius 1 is 1.09 bits per heavy atom. The van der Waals surface area contributed by atoms with Crippen molar-refractivity contribution in [1.29, 1.82) is 0 Å². The van der Waals surface area contributed by atoms with E-state index in [0.717, 1.165) is 35.5 Å². The van der Waals surface area contributed by atoms with Crippen LogP contribution in [0, 0.1) is 0 Å². The van der Waals surface area contributed by atoms with Crippen molar-refractivity contribution in [2.75, 3.05) is 18.5 Å². The van der Waals surface area contributed by atoms with E-state index < -0.39 is 0 Å². The maximum atomic E-state index is 12.8. The van der Waals surface area contributed by atoms with Crippen molar-refractivity contribution in [3.63, 3.8) is 0 Å². The molecule has 0 radical (unpaired) electrons. The number of nitrogens with one attached hydrogen (secondary N) is 1. The molecular weight excluding hydrogens is 288 g/mol. The molecule has 2 aromatic carbocycles. The number of nitrogens with zero attached hydrogens (tertiary/aromatic N) is 1. The Balaban J connectivity index is 1.94. The quantitative estimate of drug-likeness (QED) is 0.905. The Labute approximate surface area is 137 Å². The van der Waals surface area contributed by atoms with E-state index >= 15 is 0 Å². The van der Waals surface area contributed by atoms with E-state index in [0.29, 0.717) is 6.61 Å². The van der Waals surface area contributed by atoms with Gasteiger partial charge in [-0.2, -0.15) is 0 Å². The van der Waals surface area contributed by atoms with Gasteiger partial charge in [-0.3, -0.25) is 4.79 Å². The van der Waals surface area contributed by atoms with E-state index in [-0.39, 0.29) is 12.1 Å². The van der Waals surface area contributed by atoms with Gasteiger partial charge in [-0.15, -0.1) is 0 Å². The predicted molar refractivity (Wildman–Crippen MR) is 91.7 cm³/mol. The normalized spacial score (nSPS) is 16.7. The number of ether oxygens (including phenoxy) is 1. The summed E-state index contributed by atoms with van der Waals surface area (Å²) < 4.78 is 5.50. The Morgan fingerprint density at radius 3 is 2.52 bits per heavy atom. The number of rotatable bonds is 5. The van der Waals surface area contributed by atoms with Crippen molar-refractivity contribution >= 4 is 11.6 Å². The molecule has 3 rings (SSSR count). The summed E-state index contributed by atoms with van der Waals surface area (Å²) in [4.78, 5) is 14.7. The van der Waals surface area contributed by atoms with E-state index in [1.54, 1.807) is 0 Å². The molecule has 1 amide bonds. The van der Waals surface area contributed by atoms with Crippen LogP contribution in [0.5, 0.6) is 5.75 Å². The zero-order valence-electron chi connectivity index (χ0n) is 13.6. The average Bonchev–Trinajstić information content (AvgIpc) is 2.58. The standard InChI is InChI=1S/C19H22N2O2/c1-3-13-21-18(14-9-11-15(12-10-14)23-4-2)20-17-8-6-5-7-16(17)19(21)22/h5-12,18,20H,3-4,13H2,1-2H3/t18-/m1/s1. The molecule has 4 heteroatoms. The Hall–Kier alpha value is -2.49. The van der Waals surface area contributed by atoms with Crippen molar-refractivity contribution in [3.05, 3.63) is 59.7 Å². The van der Waals surface area contributed by atoms with Crippen LogP contribution in [0.25, 0.3) is 0 Å². The number of carbonyl (C=O) groups is 1. The van der Waals surface area contributed by atoms with Crippen LogP contribution in [-0.2, 0) is 0 Å². The molecule has 0 aromatic heterocycles. The van der Waals surface area contributed by atoms with Gasteiger partial charge in [0.1, 0.15) is 11.9 Å². The van der Waals surface area contributed by atoms with E-state index in [1.165, 1.54) is 0 Å². The molecular formula is C19H22N2O2. The molecule has 23 heavy (non-hydrogen) atoms. The molecule has 4 nitrogen and oxygen atoms in total. The fraction of sp³-hybridized carbons (Fsp3) is 0.316. The molecule has 1 N–H and O–H groups in total. The smallest absolute Gasteiger partial charge is 0.257 e. The molecule has 2 aromatic rings. The first-order valence-corrected chi connectivity index (χ1v) is 8.14. The van der Waals surface area contributed by atoms with Crippen molar-refractivity contribution in [1.82, 2.24) is 4.90 Å². The van der Waals surface area contributed by atoms with E-state index in [1.807, 2.05) is 60.4 Å². The van der Waals surface area contributed by atoms with Gasteiger partial charge in [0.05, 0.1) is 12.2 Å². The predicted octanol–water partition coefficient (Wildman–Crippen LogP) is 4.06. The van der Waals surface area contributed by atoms with E-state index in [4.69, 9.17) is 4.74 Å². The second kappa shape index (κ2) is 6.73. The van der Waals surface area contributed by atoms with Crippen LogP contribution >= 0.6 is 0 Å². The van der Waals surface area contributed by atoms with Crippen LogP contribution in [0.1, 0.15) is 42.4 Å². The van der Waals surface area contributed by atoms with Crippen LogP contribution in [0.2, 0.25) is 0 Å². The lowest BCUT2D eigenvalue weighted by molar-refractivity contribution is 0.0683. The summed E-state index contributed by atoms with van der Waals surface area (Å²) in [6.07, 6.45) is 0.774. The van der Waals surface area contributed by atoms with Crippen LogP contribution in [-0.4, -0.2) is 24.0 Å². The summed E-state index contributed by atoms with van der Waals surface area (Å²) in [5, 5.41) is 3.49. The third-order valence-corrected chi connectivity index (χ3v) is 3.99. The molecule has 0 unspecified atom stereocenters. The first-order valence-electron chi connectivity index (χ1n) is 8.14. The number of benzene rings is 2. The van der Waals surface area contributed by atoms with Gasteiger partial charge in [-0.25, -0.2) is 0 Å². The highest BCUT2D eigenvalue weighted by atomic mass is 16.5. The second-order valence-corrected chi connectivity index (χ2v) is 5.59. The minimum absolute atomic E-state index is 0.0834. The fourth-order valence-corrected chi connectivity index (χ4v) is 2.94. The maximum Gasteiger partial charge on any atom is 0.257 e. The van der Waals surface area contributed by atoms with E-state index in [9.17, 15) is 4.79 Å². The van der Waals surface area contributed by atoms with Crippen molar-refractivity contribution in [2.45, 2.75) is 26.4 Å². The Morgan fingerprint density at radius 2 is 1.83 bits per heavy atom. The molecule has 0 saturated heterocycles. The first-order chi connectivity index (χ1) is 11.2. The number of amides is 1. The summed E-state index contributed by atoms with van der Waals surface area (Å²) >= 11 is 0. The molecule has 1 atom stereocenters. The highest BCUT2D eigenvalue weighted by Crippen LogP contribution is 2.33. The van der Waals surface area contributed by atoms with Gasteiger partial charge < -0.3 is 15.0 Å². The monoisotopic (exact) mass is 310 g/mol. The average molecular weight is 310 g/mol. The molecule has 0 aliphatic carbocycles. The lowest BCUT2D eigenvalue weighted by Gasteiger charge is -2.38. The second-order valence-electron chi connectivity index (χ2n) is 5.59. The number of fused-ring (bicyclic) bond motifs is 1. The van der Waals surface area contributed by atoms with Crippen LogP contribution in [0.4, 0.5) is 5.69 Å². The SMILES string of the molecule is CCCN1C(=O)c2ccccc2N[C@H]1c1ccc(OCC)cc1. The molecule has 0 fully saturated rings. The molecule has 120 valence electrons. The van der Waals surface area contributed by atoms with Crippen LogP contribution in [0.3, 0.4) is 0 Å². The minimum Gasteiger partial charge on any atom is -0.494 e. The third-order valence-electron chi connectivity index (χ3n) is 3.99. The molecule has 1 aliphatic heterocycles. The highest BCUT2D eigenvalue weighted by molar-refractivity contribution is 6.01. The van der Waals surface area contributed by atoms with Gasteiger partial charge >= 0.3 is 0 Å². The number of para-hydroxylation sites is 1. The van der Waals surface area contributed by atoms with Gasteiger partial charge in [-0.1, -0.05) is 31.2 Å². The lowest BCUT2D eigenvalue weighted by atomic mass is 10.0. The van der Waals surface area contributed by atoms with Gasteiger partial charge in [0.2, 0.25) is 0 Å². The van der Waals surface area contributed by atoms with E-state index in [2.05, 4.69) is 12.2 Å². The third kappa shape index (κ3) is 3.02. The van der Waals surface area contributed by atoms with Gasteiger partial charge in [-0.05, 0) is 43.2 Å². The Kier molecular flexibility index (Phi) is 4.51. The molecule has 0 bridgehead atoms. The summed E-state index contributed by atoms with van der Waals surface area (Å²) in [5.74, 6) is 0.931. The van der Waals surface area contributed by atoms with Crippen molar-refractivity contribution < 1.29 is 9.53 Å². The fourth-order valence-electron chi connectivity index (χ4n) is 2.94. The van der Waals surface area contributed by atoms with Gasteiger partial charge in [0.25, 0.3) is 5.91 Å². The zero-order chi connectivity index (χ0) is 16.2. The highest BCUT2D eigenvalue weighted by Gasteiger charge is 2.31. The molecule has 1 heterocycles. The number of anilines is 1. The largest absolute Gasteiger partial charge is 0.494 e. The first kappa shape index (κ1) is 15.4. The van der Waals surface area contributed by atoms with Gasteiger partial charge in [0.15, 0.2) is 0 Å². The van der Waals surface area contributed by atoms with Crippen LogP contribution in [0.15, 0.2) is 48.5 Å². The summed E-state index contributed by atoms with van der Waals surface area (Å²) in [6.45, 7) is 5.42. The summed E-state index contributed by atoms with van der Waals surface area (Å²) in [5.41, 5.74) is 2.69. The zero-order valence-corrected chi connectivity index (χ0v) is 13.6. The number of hydrogen-bond acceptors (Lipinski definition) is 3. The Bertz CT molecular complexity index is 682. The topological polar surface area (TPSA) is 41.6 Å². The van der Waals surface area contributed by atoms with Gasteiger partial charge in [0, 0.05) is 12.2 Å². The summed E-state index contributed by atoms with van der Waals surface area (Å²) in [7, 11) is 0. The number of hydrogen-bond donors (Lipinski definition) is 1. The van der Waals surface area contributed by atoms with Crippen LogP contribution < -0.4 is 10.1 Å². The lowest BCUT2D eigenvalue weighted by Crippen LogP contribution is -2.43. The van der Waals surface area contributed by atoms with Crippen molar-refractivity contribution in [2.24, 2.45) is 0 Å². The number of carbonyl (C=O) groups excluding carboxylic acids is 1.